The first-order valence-electron chi connectivity index (χ1n) is 9.81. The van der Waals surface area contributed by atoms with Crippen molar-refractivity contribution in [2.24, 2.45) is 5.92 Å². The summed E-state index contributed by atoms with van der Waals surface area (Å²) in [5.41, 5.74) is -2.20. The Balaban J connectivity index is 2.34. The number of carbonyl (C=O) groups excluding carboxylic acids is 2. The molecule has 1 aliphatic rings. The van der Waals surface area contributed by atoms with Gasteiger partial charge in [-0.25, -0.2) is 23.9 Å². The van der Waals surface area contributed by atoms with Gasteiger partial charge in [0, 0.05) is 6.20 Å². The quantitative estimate of drug-likeness (QED) is 0.609. The van der Waals surface area contributed by atoms with E-state index in [1.165, 1.54) is 20.8 Å². The predicted octanol–water partition coefficient (Wildman–Crippen LogP) is 2.29. The summed E-state index contributed by atoms with van der Waals surface area (Å²) in [6, 6.07) is 1.09. The number of carbonyl (C=O) groups is 2. The monoisotopic (exact) mass is 463 g/mol. The van der Waals surface area contributed by atoms with E-state index in [1.54, 1.807) is 13.8 Å². The van der Waals surface area contributed by atoms with Gasteiger partial charge in [0.1, 0.15) is 17.5 Å². The van der Waals surface area contributed by atoms with Gasteiger partial charge in [0.15, 0.2) is 0 Å². The highest BCUT2D eigenvalue weighted by Crippen LogP contribution is 2.45. The van der Waals surface area contributed by atoms with Crippen molar-refractivity contribution in [1.82, 2.24) is 9.55 Å². The second kappa shape index (κ2) is 9.77. The molecule has 1 amide bonds. The molecule has 0 saturated carbocycles. The lowest BCUT2D eigenvalue weighted by Crippen LogP contribution is -2.45. The average Bonchev–Trinajstić information content (AvgIpc) is 2.89. The van der Waals surface area contributed by atoms with Crippen molar-refractivity contribution in [3.63, 3.8) is 0 Å². The minimum Gasteiger partial charge on any atom is -0.449 e. The number of alkyl halides is 2. The third-order valence-corrected chi connectivity index (χ3v) is 4.04. The van der Waals surface area contributed by atoms with Gasteiger partial charge in [-0.05, 0) is 32.8 Å². The molecule has 2 rings (SSSR count). The van der Waals surface area contributed by atoms with Gasteiger partial charge >= 0.3 is 23.9 Å². The Morgan fingerprint density at radius 3 is 2.59 bits per heavy atom. The third-order valence-electron chi connectivity index (χ3n) is 4.04. The van der Waals surface area contributed by atoms with Gasteiger partial charge in [-0.3, -0.25) is 5.32 Å². The second-order valence-electron chi connectivity index (χ2n) is 8.49. The highest BCUT2D eigenvalue weighted by atomic mass is 19.3. The van der Waals surface area contributed by atoms with E-state index < -0.39 is 60.3 Å². The first-order valence-corrected chi connectivity index (χ1v) is 9.81. The lowest BCUT2D eigenvalue weighted by molar-refractivity contribution is -0.149. The first kappa shape index (κ1) is 25.5. The topological polar surface area (TPSA) is 138 Å². The lowest BCUT2D eigenvalue weighted by Gasteiger charge is -2.26. The molecule has 1 aromatic rings. The molecule has 11 nitrogen and oxygen atoms in total. The maximum absolute atomic E-state index is 15.2. The highest BCUT2D eigenvalue weighted by Gasteiger charge is 2.63. The normalized spacial score (nSPS) is 22.5. The van der Waals surface area contributed by atoms with Crippen molar-refractivity contribution in [2.45, 2.75) is 64.6 Å². The van der Waals surface area contributed by atoms with Gasteiger partial charge in [0.2, 0.25) is 12.3 Å². The van der Waals surface area contributed by atoms with Crippen LogP contribution in [0.1, 0.15) is 40.8 Å². The molecule has 2 N–H and O–H groups in total. The zero-order valence-corrected chi connectivity index (χ0v) is 18.3. The van der Waals surface area contributed by atoms with Gasteiger partial charge in [-0.15, -0.1) is 0 Å². The zero-order valence-electron chi connectivity index (χ0n) is 18.3. The van der Waals surface area contributed by atoms with E-state index in [0.717, 1.165) is 12.3 Å². The number of nitrogens with one attached hydrogen (secondary N) is 1. The standard InChI is InChI=1S/C19H27F2N3O8/c1-10(2)9-29-16(27)23-12-6-7-22-15(26)24(12)14-19(20,21)13(11(8-25)30-14)31-17(28)32-18(3,4)5/h6-7,10-11,13-14,25H,8-9H2,1-5H3,(H,23,27)/t11-,13-,14-/m1/s1. The van der Waals surface area contributed by atoms with Crippen molar-refractivity contribution in [3.05, 3.63) is 22.7 Å². The van der Waals surface area contributed by atoms with Gasteiger partial charge < -0.3 is 24.1 Å². The SMILES string of the molecule is CC(C)COC(=O)Nc1ccnc(=O)n1[C@@H]1O[C@H](CO)[C@@H](OC(=O)OC(C)(C)C)C1(F)F. The number of nitrogens with zero attached hydrogens (tertiary/aromatic N) is 2. The minimum absolute atomic E-state index is 0.0129. The van der Waals surface area contributed by atoms with Gasteiger partial charge in [-0.1, -0.05) is 13.8 Å². The summed E-state index contributed by atoms with van der Waals surface area (Å²) in [4.78, 5) is 39.7. The number of anilines is 1. The summed E-state index contributed by atoms with van der Waals surface area (Å²) in [6.45, 7) is 7.22. The van der Waals surface area contributed by atoms with Crippen LogP contribution in [0.4, 0.5) is 24.2 Å². The molecule has 1 aliphatic heterocycles. The molecular weight excluding hydrogens is 436 g/mol. The summed E-state index contributed by atoms with van der Waals surface area (Å²) < 4.78 is 50.6. The van der Waals surface area contributed by atoms with Crippen molar-refractivity contribution < 1.29 is 42.4 Å². The van der Waals surface area contributed by atoms with E-state index in [1.807, 2.05) is 0 Å². The molecule has 13 heteroatoms. The molecule has 0 spiro atoms. The van der Waals surface area contributed by atoms with E-state index in [9.17, 15) is 19.5 Å². The number of ether oxygens (including phenoxy) is 4. The van der Waals surface area contributed by atoms with Crippen LogP contribution in [0.3, 0.4) is 0 Å². The average molecular weight is 463 g/mol. The van der Waals surface area contributed by atoms with E-state index in [-0.39, 0.29) is 12.5 Å². The maximum Gasteiger partial charge on any atom is 0.509 e. The van der Waals surface area contributed by atoms with E-state index in [0.29, 0.717) is 4.57 Å². The molecule has 32 heavy (non-hydrogen) atoms. The Morgan fingerprint density at radius 2 is 2.03 bits per heavy atom. The molecule has 0 unspecified atom stereocenters. The molecule has 0 radical (unpaired) electrons. The molecule has 180 valence electrons. The van der Waals surface area contributed by atoms with E-state index >= 15 is 8.78 Å². The number of rotatable bonds is 6. The summed E-state index contributed by atoms with van der Waals surface area (Å²) in [5, 5.41) is 11.7. The minimum atomic E-state index is -4.00. The van der Waals surface area contributed by atoms with Crippen LogP contribution in [-0.2, 0) is 18.9 Å². The van der Waals surface area contributed by atoms with Crippen molar-refractivity contribution in [1.29, 1.82) is 0 Å². The number of aromatic nitrogens is 2. The van der Waals surface area contributed by atoms with Crippen molar-refractivity contribution >= 4 is 18.1 Å². The Labute approximate surface area is 182 Å². The number of aliphatic hydroxyl groups excluding tert-OH is 1. The van der Waals surface area contributed by atoms with Gasteiger partial charge in [0.25, 0.3) is 0 Å². The maximum atomic E-state index is 15.2. The number of aliphatic hydroxyl groups is 1. The van der Waals surface area contributed by atoms with Gasteiger partial charge in [0.05, 0.1) is 13.2 Å². The van der Waals surface area contributed by atoms with Crippen LogP contribution in [0, 0.1) is 5.92 Å². The largest absolute Gasteiger partial charge is 0.509 e. The Morgan fingerprint density at radius 1 is 1.38 bits per heavy atom. The smallest absolute Gasteiger partial charge is 0.449 e. The summed E-state index contributed by atoms with van der Waals surface area (Å²) >= 11 is 0. The molecule has 1 saturated heterocycles. The molecule has 0 bridgehead atoms. The van der Waals surface area contributed by atoms with Crippen LogP contribution in [-0.4, -0.2) is 63.9 Å². The van der Waals surface area contributed by atoms with Gasteiger partial charge in [-0.2, -0.15) is 8.78 Å². The van der Waals surface area contributed by atoms with Crippen LogP contribution >= 0.6 is 0 Å². The van der Waals surface area contributed by atoms with Crippen LogP contribution < -0.4 is 11.0 Å². The van der Waals surface area contributed by atoms with Crippen LogP contribution in [0.15, 0.2) is 17.1 Å². The Bertz CT molecular complexity index is 884. The fraction of sp³-hybridized carbons (Fsp3) is 0.684. The molecule has 0 aliphatic carbocycles. The first-order chi connectivity index (χ1) is 14.8. The van der Waals surface area contributed by atoms with E-state index in [4.69, 9.17) is 18.9 Å². The molecule has 1 fully saturated rings. The fourth-order valence-corrected chi connectivity index (χ4v) is 2.75. The summed E-state index contributed by atoms with van der Waals surface area (Å²) in [6.07, 6.45) is -7.70. The van der Waals surface area contributed by atoms with E-state index in [2.05, 4.69) is 10.3 Å². The summed E-state index contributed by atoms with van der Waals surface area (Å²) in [7, 11) is 0. The lowest BCUT2D eigenvalue weighted by atomic mass is 10.1. The zero-order chi connectivity index (χ0) is 24.3. The fourth-order valence-electron chi connectivity index (χ4n) is 2.75. The predicted molar refractivity (Wildman–Crippen MR) is 105 cm³/mol. The molecule has 0 aromatic carbocycles. The molecule has 1 aromatic heterocycles. The second-order valence-corrected chi connectivity index (χ2v) is 8.49. The summed E-state index contributed by atoms with van der Waals surface area (Å²) in [5.74, 6) is -4.38. The molecule has 3 atom stereocenters. The van der Waals surface area contributed by atoms with Crippen molar-refractivity contribution in [3.8, 4) is 0 Å². The molecular formula is C19H27F2N3O8. The van der Waals surface area contributed by atoms with Crippen LogP contribution in [0.5, 0.6) is 0 Å². The van der Waals surface area contributed by atoms with Crippen LogP contribution in [0.25, 0.3) is 0 Å². The number of hydrogen-bond donors (Lipinski definition) is 2. The Kier molecular flexibility index (Phi) is 7.78. The third kappa shape index (κ3) is 6.13. The van der Waals surface area contributed by atoms with Crippen molar-refractivity contribution in [2.75, 3.05) is 18.5 Å². The molecule has 2 heterocycles. The van der Waals surface area contributed by atoms with Crippen LogP contribution in [0.2, 0.25) is 0 Å². The highest BCUT2D eigenvalue weighted by molar-refractivity contribution is 5.83. The number of amides is 1. The Hall–Kier alpha value is -2.80. The number of halogens is 2. The number of hydrogen-bond acceptors (Lipinski definition) is 9.